The highest BCUT2D eigenvalue weighted by Gasteiger charge is 2.31. The number of ether oxygens (including phenoxy) is 1. The van der Waals surface area contributed by atoms with Crippen LogP contribution in [-0.4, -0.2) is 28.8 Å². The van der Waals surface area contributed by atoms with Crippen molar-refractivity contribution >= 4 is 22.6 Å². The number of aromatic nitrogens is 2. The number of hydrogen-bond acceptors (Lipinski definition) is 3. The second kappa shape index (κ2) is 5.12. The van der Waals surface area contributed by atoms with Gasteiger partial charge in [-0.1, -0.05) is 18.5 Å². The minimum absolute atomic E-state index is 0.0305. The van der Waals surface area contributed by atoms with Gasteiger partial charge in [-0.05, 0) is 24.6 Å². The number of nitrogens with zero attached hydrogens (tertiary/aromatic N) is 2. The molecule has 0 spiro atoms. The standard InChI is InChI=1S/C14H18ClN3O/c1-2-5-18-13-4-3-9(15)6-12(13)17-14(18)10-7-19-8-11(10)16/h3-4,6,10-11H,2,5,7-8,16H2,1H3. The molecule has 1 aromatic carbocycles. The summed E-state index contributed by atoms with van der Waals surface area (Å²) in [5.41, 5.74) is 8.19. The molecule has 5 heteroatoms. The van der Waals surface area contributed by atoms with E-state index in [9.17, 15) is 0 Å². The summed E-state index contributed by atoms with van der Waals surface area (Å²) < 4.78 is 7.73. The van der Waals surface area contributed by atoms with Crippen LogP contribution < -0.4 is 5.73 Å². The maximum absolute atomic E-state index is 6.12. The van der Waals surface area contributed by atoms with Gasteiger partial charge in [0.15, 0.2) is 0 Å². The monoisotopic (exact) mass is 279 g/mol. The van der Waals surface area contributed by atoms with Crippen molar-refractivity contribution in [1.29, 1.82) is 0 Å². The lowest BCUT2D eigenvalue weighted by Gasteiger charge is -2.15. The predicted molar refractivity (Wildman–Crippen MR) is 76.6 cm³/mol. The third-order valence-electron chi connectivity index (χ3n) is 3.64. The second-order valence-electron chi connectivity index (χ2n) is 5.06. The van der Waals surface area contributed by atoms with Crippen LogP contribution in [0.2, 0.25) is 5.02 Å². The summed E-state index contributed by atoms with van der Waals surface area (Å²) in [5.74, 6) is 1.21. The van der Waals surface area contributed by atoms with Gasteiger partial charge in [0.1, 0.15) is 5.82 Å². The molecule has 2 N–H and O–H groups in total. The number of fused-ring (bicyclic) bond motifs is 1. The molecular weight excluding hydrogens is 262 g/mol. The van der Waals surface area contributed by atoms with Gasteiger partial charge in [-0.3, -0.25) is 0 Å². The highest BCUT2D eigenvalue weighted by atomic mass is 35.5. The molecule has 0 amide bonds. The van der Waals surface area contributed by atoms with Crippen LogP contribution in [0.15, 0.2) is 18.2 Å². The molecule has 3 rings (SSSR count). The minimum Gasteiger partial charge on any atom is -0.379 e. The maximum atomic E-state index is 6.12. The lowest BCUT2D eigenvalue weighted by molar-refractivity contribution is 0.190. The number of rotatable bonds is 3. The molecule has 1 aliphatic heterocycles. The van der Waals surface area contributed by atoms with Crippen LogP contribution in [0.5, 0.6) is 0 Å². The molecule has 4 nitrogen and oxygen atoms in total. The topological polar surface area (TPSA) is 53.1 Å². The molecule has 0 aliphatic carbocycles. The Morgan fingerprint density at radius 3 is 3.00 bits per heavy atom. The molecule has 102 valence electrons. The van der Waals surface area contributed by atoms with Crippen molar-refractivity contribution in [2.75, 3.05) is 13.2 Å². The summed E-state index contributed by atoms with van der Waals surface area (Å²) in [4.78, 5) is 4.74. The van der Waals surface area contributed by atoms with Crippen LogP contribution in [0.4, 0.5) is 0 Å². The maximum Gasteiger partial charge on any atom is 0.116 e. The average molecular weight is 280 g/mol. The molecule has 0 radical (unpaired) electrons. The molecule has 1 aliphatic rings. The van der Waals surface area contributed by atoms with Crippen molar-refractivity contribution in [2.24, 2.45) is 5.73 Å². The fourth-order valence-corrected chi connectivity index (χ4v) is 2.87. The summed E-state index contributed by atoms with van der Waals surface area (Å²) in [6.45, 7) is 4.37. The van der Waals surface area contributed by atoms with E-state index in [-0.39, 0.29) is 12.0 Å². The second-order valence-corrected chi connectivity index (χ2v) is 5.50. The van der Waals surface area contributed by atoms with Crippen LogP contribution in [-0.2, 0) is 11.3 Å². The van der Waals surface area contributed by atoms with Crippen LogP contribution in [0, 0.1) is 0 Å². The Kier molecular flexibility index (Phi) is 3.48. The van der Waals surface area contributed by atoms with Crippen LogP contribution in [0.1, 0.15) is 25.1 Å². The summed E-state index contributed by atoms with van der Waals surface area (Å²) >= 11 is 6.05. The predicted octanol–water partition coefficient (Wildman–Crippen LogP) is 2.54. The van der Waals surface area contributed by atoms with E-state index in [2.05, 4.69) is 11.5 Å². The normalized spacial score (nSPS) is 23.3. The zero-order valence-electron chi connectivity index (χ0n) is 11.0. The Morgan fingerprint density at radius 2 is 2.32 bits per heavy atom. The van der Waals surface area contributed by atoms with Gasteiger partial charge in [0.2, 0.25) is 0 Å². The first-order chi connectivity index (χ1) is 9.20. The van der Waals surface area contributed by atoms with Crippen LogP contribution >= 0.6 is 11.6 Å². The van der Waals surface area contributed by atoms with E-state index >= 15 is 0 Å². The lowest BCUT2D eigenvalue weighted by Crippen LogP contribution is -2.29. The van der Waals surface area contributed by atoms with Crippen molar-refractivity contribution in [1.82, 2.24) is 9.55 Å². The molecule has 2 unspecified atom stereocenters. The smallest absolute Gasteiger partial charge is 0.116 e. The van der Waals surface area contributed by atoms with Crippen molar-refractivity contribution in [2.45, 2.75) is 31.8 Å². The lowest BCUT2D eigenvalue weighted by atomic mass is 10.0. The molecule has 2 atom stereocenters. The Hall–Kier alpha value is -1.10. The van der Waals surface area contributed by atoms with Crippen molar-refractivity contribution in [3.63, 3.8) is 0 Å². The first kappa shape index (κ1) is 12.9. The van der Waals surface area contributed by atoms with Gasteiger partial charge in [0.05, 0.1) is 30.2 Å². The van der Waals surface area contributed by atoms with E-state index in [1.165, 1.54) is 0 Å². The van der Waals surface area contributed by atoms with Gasteiger partial charge >= 0.3 is 0 Å². The van der Waals surface area contributed by atoms with Crippen LogP contribution in [0.3, 0.4) is 0 Å². The van der Waals surface area contributed by atoms with Gasteiger partial charge in [-0.15, -0.1) is 0 Å². The van der Waals surface area contributed by atoms with E-state index < -0.39 is 0 Å². The van der Waals surface area contributed by atoms with E-state index in [1.54, 1.807) is 0 Å². The Labute approximate surface area is 117 Å². The highest BCUT2D eigenvalue weighted by molar-refractivity contribution is 6.31. The summed E-state index contributed by atoms with van der Waals surface area (Å²) in [6, 6.07) is 5.88. The zero-order chi connectivity index (χ0) is 13.4. The zero-order valence-corrected chi connectivity index (χ0v) is 11.7. The van der Waals surface area contributed by atoms with Crippen molar-refractivity contribution in [3.05, 3.63) is 29.0 Å². The van der Waals surface area contributed by atoms with Crippen molar-refractivity contribution < 1.29 is 4.74 Å². The summed E-state index contributed by atoms with van der Waals surface area (Å²) in [5, 5.41) is 0.715. The summed E-state index contributed by atoms with van der Waals surface area (Å²) in [6.07, 6.45) is 1.06. The fourth-order valence-electron chi connectivity index (χ4n) is 2.70. The molecule has 0 bridgehead atoms. The Balaban J connectivity index is 2.13. The Morgan fingerprint density at radius 1 is 1.47 bits per heavy atom. The van der Waals surface area contributed by atoms with Gasteiger partial charge < -0.3 is 15.0 Å². The van der Waals surface area contributed by atoms with Gasteiger partial charge in [0, 0.05) is 17.6 Å². The minimum atomic E-state index is 0.0305. The Bertz CT molecular complexity index is 596. The number of nitrogens with two attached hydrogens (primary N) is 1. The molecule has 2 aromatic rings. The number of halogens is 1. The highest BCUT2D eigenvalue weighted by Crippen LogP contribution is 2.29. The largest absolute Gasteiger partial charge is 0.379 e. The van der Waals surface area contributed by atoms with Gasteiger partial charge in [-0.2, -0.15) is 0 Å². The third-order valence-corrected chi connectivity index (χ3v) is 3.88. The molecule has 1 fully saturated rings. The SMILES string of the molecule is CCCn1c(C2COCC2N)nc2cc(Cl)ccc21. The average Bonchev–Trinajstić information content (AvgIpc) is 2.94. The van der Waals surface area contributed by atoms with Crippen molar-refractivity contribution in [3.8, 4) is 0 Å². The first-order valence-corrected chi connectivity index (χ1v) is 7.07. The first-order valence-electron chi connectivity index (χ1n) is 6.69. The number of hydrogen-bond donors (Lipinski definition) is 1. The van der Waals surface area contributed by atoms with E-state index in [1.807, 2.05) is 18.2 Å². The third kappa shape index (κ3) is 2.24. The summed E-state index contributed by atoms with van der Waals surface area (Å²) in [7, 11) is 0. The molecule has 1 aromatic heterocycles. The quantitative estimate of drug-likeness (QED) is 0.939. The van der Waals surface area contributed by atoms with Crippen LogP contribution in [0.25, 0.3) is 11.0 Å². The van der Waals surface area contributed by atoms with Gasteiger partial charge in [0.25, 0.3) is 0 Å². The molecule has 1 saturated heterocycles. The van der Waals surface area contributed by atoms with Gasteiger partial charge in [-0.25, -0.2) is 4.98 Å². The molecular formula is C14H18ClN3O. The number of imidazole rings is 1. The number of benzene rings is 1. The van der Waals surface area contributed by atoms with E-state index in [0.29, 0.717) is 18.2 Å². The fraction of sp³-hybridized carbons (Fsp3) is 0.500. The number of aryl methyl sites for hydroxylation is 1. The molecule has 2 heterocycles. The van der Waals surface area contributed by atoms with E-state index in [0.717, 1.165) is 29.8 Å². The molecule has 19 heavy (non-hydrogen) atoms. The molecule has 0 saturated carbocycles. The van der Waals surface area contributed by atoms with E-state index in [4.69, 9.17) is 27.1 Å².